The van der Waals surface area contributed by atoms with E-state index in [9.17, 15) is 4.79 Å². The normalized spacial score (nSPS) is 18.6. The van der Waals surface area contributed by atoms with Crippen LogP contribution in [0.5, 0.6) is 0 Å². The number of anilines is 1. The molecule has 5 nitrogen and oxygen atoms in total. The van der Waals surface area contributed by atoms with Crippen LogP contribution in [0.1, 0.15) is 30.5 Å². The Morgan fingerprint density at radius 1 is 0.871 bits per heavy atom. The number of hydrogen-bond acceptors (Lipinski definition) is 4. The summed E-state index contributed by atoms with van der Waals surface area (Å²) in [6.45, 7) is 5.71. The van der Waals surface area contributed by atoms with Crippen molar-refractivity contribution in [3.05, 3.63) is 78.4 Å². The maximum Gasteiger partial charge on any atom is 0.233 e. The van der Waals surface area contributed by atoms with Gasteiger partial charge in [0.1, 0.15) is 0 Å². The van der Waals surface area contributed by atoms with Gasteiger partial charge in [-0.05, 0) is 86.3 Å². The van der Waals surface area contributed by atoms with Crippen molar-refractivity contribution in [1.29, 1.82) is 0 Å². The Balaban J connectivity index is 1.24. The molecule has 2 aliphatic rings. The molecule has 31 heavy (non-hydrogen) atoms. The predicted octanol–water partition coefficient (Wildman–Crippen LogP) is 4.47. The Morgan fingerprint density at radius 3 is 2.26 bits per heavy atom. The van der Waals surface area contributed by atoms with Gasteiger partial charge >= 0.3 is 0 Å². The highest BCUT2D eigenvalue weighted by Crippen LogP contribution is 2.43. The molecule has 0 atom stereocenters. The minimum Gasteiger partial charge on any atom is -0.312 e. The molecule has 0 saturated carbocycles. The molecule has 2 aliphatic heterocycles. The van der Waals surface area contributed by atoms with E-state index < -0.39 is 0 Å². The van der Waals surface area contributed by atoms with Crippen LogP contribution >= 0.6 is 0 Å². The third-order valence-corrected chi connectivity index (χ3v) is 7.01. The molecule has 1 amide bonds. The Labute approximate surface area is 183 Å². The van der Waals surface area contributed by atoms with Crippen LogP contribution in [-0.4, -0.2) is 40.4 Å². The molecule has 2 aromatic heterocycles. The minimum atomic E-state index is -0.195. The fourth-order valence-corrected chi connectivity index (χ4v) is 4.94. The van der Waals surface area contributed by atoms with Gasteiger partial charge in [-0.1, -0.05) is 18.2 Å². The minimum absolute atomic E-state index is 0.195. The first kappa shape index (κ1) is 19.9. The zero-order valence-electron chi connectivity index (χ0n) is 18.0. The molecule has 0 N–H and O–H groups in total. The number of nitrogens with zero attached hydrogens (tertiary/aromatic N) is 4. The van der Waals surface area contributed by atoms with E-state index in [1.165, 1.54) is 5.56 Å². The number of carbonyl (C=O) groups is 1. The lowest BCUT2D eigenvalue weighted by Crippen LogP contribution is -2.44. The Hall–Kier alpha value is -3.05. The number of rotatable bonds is 4. The monoisotopic (exact) mass is 412 g/mol. The maximum absolute atomic E-state index is 13.4. The number of aryl methyl sites for hydroxylation is 1. The first-order valence-electron chi connectivity index (χ1n) is 11.1. The number of piperidine rings is 1. The summed E-state index contributed by atoms with van der Waals surface area (Å²) in [5.74, 6) is 0.304. The molecule has 3 aromatic rings. The molecule has 1 aromatic carbocycles. The van der Waals surface area contributed by atoms with E-state index in [-0.39, 0.29) is 5.41 Å². The molecule has 2 fully saturated rings. The fraction of sp³-hybridized carbons (Fsp3) is 0.346. The number of likely N-dealkylation sites (tertiary alicyclic amines) is 1. The summed E-state index contributed by atoms with van der Waals surface area (Å²) in [5.41, 5.74) is 5.48. The molecular weight excluding hydrogens is 384 g/mol. The van der Waals surface area contributed by atoms with Crippen LogP contribution in [0.25, 0.3) is 11.1 Å². The van der Waals surface area contributed by atoms with Gasteiger partial charge in [0.05, 0.1) is 11.1 Å². The van der Waals surface area contributed by atoms with E-state index in [0.717, 1.165) is 67.9 Å². The SMILES string of the molecule is Cc1cccnc1CN1CCC2(CC1)CCN(c1ccc(-c3ccncc3)cc1)C2=O. The van der Waals surface area contributed by atoms with Gasteiger partial charge in [0, 0.05) is 37.4 Å². The number of aromatic nitrogens is 2. The quantitative estimate of drug-likeness (QED) is 0.634. The van der Waals surface area contributed by atoms with Gasteiger partial charge in [0.2, 0.25) is 5.91 Å². The maximum atomic E-state index is 13.4. The predicted molar refractivity (Wildman–Crippen MR) is 123 cm³/mol. The second-order valence-corrected chi connectivity index (χ2v) is 8.81. The van der Waals surface area contributed by atoms with Crippen molar-refractivity contribution < 1.29 is 4.79 Å². The van der Waals surface area contributed by atoms with Crippen LogP contribution < -0.4 is 4.90 Å². The largest absolute Gasteiger partial charge is 0.312 e. The first-order chi connectivity index (χ1) is 15.1. The molecule has 4 heterocycles. The van der Waals surface area contributed by atoms with Gasteiger partial charge in [-0.25, -0.2) is 0 Å². The summed E-state index contributed by atoms with van der Waals surface area (Å²) in [6.07, 6.45) is 8.30. The van der Waals surface area contributed by atoms with Gasteiger partial charge in [-0.15, -0.1) is 0 Å². The average Bonchev–Trinajstić information content (AvgIpc) is 3.13. The number of pyridine rings is 2. The molecule has 2 saturated heterocycles. The van der Waals surface area contributed by atoms with Crippen LogP contribution in [0.15, 0.2) is 67.1 Å². The van der Waals surface area contributed by atoms with Crippen LogP contribution in [0.2, 0.25) is 0 Å². The van der Waals surface area contributed by atoms with E-state index in [1.54, 1.807) is 12.4 Å². The van der Waals surface area contributed by atoms with Crippen molar-refractivity contribution in [3.8, 4) is 11.1 Å². The second kappa shape index (κ2) is 8.23. The second-order valence-electron chi connectivity index (χ2n) is 8.81. The highest BCUT2D eigenvalue weighted by atomic mass is 16.2. The molecule has 0 unspecified atom stereocenters. The van der Waals surface area contributed by atoms with Gasteiger partial charge in [0.25, 0.3) is 0 Å². The van der Waals surface area contributed by atoms with E-state index >= 15 is 0 Å². The summed E-state index contributed by atoms with van der Waals surface area (Å²) < 4.78 is 0. The van der Waals surface area contributed by atoms with Crippen molar-refractivity contribution in [1.82, 2.24) is 14.9 Å². The highest BCUT2D eigenvalue weighted by molar-refractivity contribution is 6.00. The van der Waals surface area contributed by atoms with Gasteiger partial charge in [0.15, 0.2) is 0 Å². The van der Waals surface area contributed by atoms with E-state index in [2.05, 4.69) is 52.1 Å². The van der Waals surface area contributed by atoms with Crippen LogP contribution in [0.3, 0.4) is 0 Å². The molecule has 0 bridgehead atoms. The smallest absolute Gasteiger partial charge is 0.233 e. The number of hydrogen-bond donors (Lipinski definition) is 0. The summed E-state index contributed by atoms with van der Waals surface area (Å²) in [7, 11) is 0. The Bertz CT molecular complexity index is 1060. The summed E-state index contributed by atoms with van der Waals surface area (Å²) >= 11 is 0. The topological polar surface area (TPSA) is 49.3 Å². The number of amides is 1. The third kappa shape index (κ3) is 3.86. The van der Waals surface area contributed by atoms with Gasteiger partial charge in [-0.2, -0.15) is 0 Å². The number of benzene rings is 1. The van der Waals surface area contributed by atoms with Gasteiger partial charge in [-0.3, -0.25) is 19.7 Å². The summed E-state index contributed by atoms with van der Waals surface area (Å²) in [4.78, 5) is 26.5. The van der Waals surface area contributed by atoms with Crippen molar-refractivity contribution in [2.45, 2.75) is 32.7 Å². The van der Waals surface area contributed by atoms with Crippen LogP contribution in [0, 0.1) is 12.3 Å². The fourth-order valence-electron chi connectivity index (χ4n) is 4.94. The lowest BCUT2D eigenvalue weighted by atomic mass is 9.77. The lowest BCUT2D eigenvalue weighted by molar-refractivity contribution is -0.128. The first-order valence-corrected chi connectivity index (χ1v) is 11.1. The zero-order chi connectivity index (χ0) is 21.3. The standard InChI is InChI=1S/C26H28N4O/c1-20-3-2-13-28-24(20)19-29-16-10-26(11-17-29)12-18-30(25(26)31)23-6-4-21(5-7-23)22-8-14-27-15-9-22/h2-9,13-15H,10-12,16-19H2,1H3. The summed E-state index contributed by atoms with van der Waals surface area (Å²) in [6, 6.07) is 16.5. The van der Waals surface area contributed by atoms with Crippen molar-refractivity contribution in [2.75, 3.05) is 24.5 Å². The van der Waals surface area contributed by atoms with Crippen LogP contribution in [0.4, 0.5) is 5.69 Å². The van der Waals surface area contributed by atoms with E-state index in [0.29, 0.717) is 5.91 Å². The molecular formula is C26H28N4O. The van der Waals surface area contributed by atoms with Crippen LogP contribution in [-0.2, 0) is 11.3 Å². The molecule has 5 rings (SSSR count). The molecule has 158 valence electrons. The Kier molecular flexibility index (Phi) is 5.28. The Morgan fingerprint density at radius 2 is 1.55 bits per heavy atom. The zero-order valence-corrected chi connectivity index (χ0v) is 18.0. The number of carbonyl (C=O) groups excluding carboxylic acids is 1. The van der Waals surface area contributed by atoms with Crippen molar-refractivity contribution >= 4 is 11.6 Å². The third-order valence-electron chi connectivity index (χ3n) is 7.01. The molecule has 0 aliphatic carbocycles. The molecule has 0 radical (unpaired) electrons. The molecule has 5 heteroatoms. The highest BCUT2D eigenvalue weighted by Gasteiger charge is 2.48. The van der Waals surface area contributed by atoms with E-state index in [4.69, 9.17) is 0 Å². The lowest BCUT2D eigenvalue weighted by Gasteiger charge is -2.38. The average molecular weight is 413 g/mol. The van der Waals surface area contributed by atoms with E-state index in [1.807, 2.05) is 29.3 Å². The van der Waals surface area contributed by atoms with Crippen molar-refractivity contribution in [3.63, 3.8) is 0 Å². The summed E-state index contributed by atoms with van der Waals surface area (Å²) in [5, 5.41) is 0. The molecule has 1 spiro atoms. The van der Waals surface area contributed by atoms with Crippen molar-refractivity contribution in [2.24, 2.45) is 5.41 Å². The van der Waals surface area contributed by atoms with Gasteiger partial charge < -0.3 is 4.90 Å².